The monoisotopic (exact) mass is 383 g/mol. The van der Waals surface area contributed by atoms with Gasteiger partial charge in [0.25, 0.3) is 5.56 Å². The maximum absolute atomic E-state index is 13.7. The maximum atomic E-state index is 13.7. The molecule has 0 bridgehead atoms. The predicted molar refractivity (Wildman–Crippen MR) is 113 cm³/mol. The highest BCUT2D eigenvalue weighted by molar-refractivity contribution is 6.05. The Morgan fingerprint density at radius 1 is 0.828 bits per heavy atom. The fraction of sp³-hybridized carbons (Fsp3) is 0.0833. The lowest BCUT2D eigenvalue weighted by molar-refractivity contribution is 0.624. The van der Waals surface area contributed by atoms with E-state index in [-0.39, 0.29) is 11.4 Å². The largest absolute Gasteiger partial charge is 0.330 e. The van der Waals surface area contributed by atoms with E-state index in [9.17, 15) is 9.18 Å². The Bertz CT molecular complexity index is 1390. The Morgan fingerprint density at radius 2 is 1.59 bits per heavy atom. The molecule has 0 unspecified atom stereocenters. The Balaban J connectivity index is 1.72. The first-order chi connectivity index (χ1) is 14.2. The number of aromatic nitrogens is 3. The van der Waals surface area contributed by atoms with Crippen molar-refractivity contribution in [3.8, 4) is 0 Å². The van der Waals surface area contributed by atoms with Gasteiger partial charge in [-0.2, -0.15) is 0 Å². The van der Waals surface area contributed by atoms with E-state index in [1.807, 2.05) is 65.2 Å². The van der Waals surface area contributed by atoms with Gasteiger partial charge in [0, 0.05) is 11.9 Å². The Hall–Kier alpha value is -3.73. The lowest BCUT2D eigenvalue weighted by Gasteiger charge is -2.09. The molecular weight excluding hydrogens is 365 g/mol. The van der Waals surface area contributed by atoms with Gasteiger partial charge in [-0.25, -0.2) is 9.37 Å². The first-order valence-corrected chi connectivity index (χ1v) is 9.45. The molecule has 0 atom stereocenters. The van der Waals surface area contributed by atoms with Gasteiger partial charge in [-0.05, 0) is 29.3 Å². The van der Waals surface area contributed by atoms with E-state index >= 15 is 0 Å². The molecule has 4 nitrogen and oxygen atoms in total. The molecule has 3 aromatic carbocycles. The van der Waals surface area contributed by atoms with Crippen molar-refractivity contribution in [3.63, 3.8) is 0 Å². The first-order valence-electron chi connectivity index (χ1n) is 9.45. The van der Waals surface area contributed by atoms with Crippen LogP contribution in [0.15, 0.2) is 90.0 Å². The number of benzene rings is 3. The fourth-order valence-corrected chi connectivity index (χ4v) is 3.82. The summed E-state index contributed by atoms with van der Waals surface area (Å²) in [6.45, 7) is 0.845. The minimum absolute atomic E-state index is 0.105. The van der Waals surface area contributed by atoms with Gasteiger partial charge in [0.2, 0.25) is 0 Å². The Kier molecular flexibility index (Phi) is 4.21. The van der Waals surface area contributed by atoms with E-state index in [4.69, 9.17) is 0 Å². The van der Waals surface area contributed by atoms with Crippen molar-refractivity contribution < 1.29 is 4.39 Å². The summed E-state index contributed by atoms with van der Waals surface area (Å²) in [5, 5.41) is 0.919. The van der Waals surface area contributed by atoms with Crippen molar-refractivity contribution in [1.29, 1.82) is 0 Å². The molecule has 0 fully saturated rings. The van der Waals surface area contributed by atoms with Crippen molar-refractivity contribution in [2.75, 3.05) is 0 Å². The topological polar surface area (TPSA) is 39.8 Å². The van der Waals surface area contributed by atoms with Gasteiger partial charge in [0.05, 0.1) is 18.4 Å². The number of hydrogen-bond acceptors (Lipinski definition) is 2. The van der Waals surface area contributed by atoms with Crippen LogP contribution in [-0.4, -0.2) is 14.1 Å². The second-order valence-electron chi connectivity index (χ2n) is 7.09. The van der Waals surface area contributed by atoms with Gasteiger partial charge in [-0.15, -0.1) is 0 Å². The maximum Gasteiger partial charge on any atom is 0.278 e. The number of para-hydroxylation sites is 1. The van der Waals surface area contributed by atoms with Crippen molar-refractivity contribution in [3.05, 3.63) is 112 Å². The summed E-state index contributed by atoms with van der Waals surface area (Å²) >= 11 is 0. The summed E-state index contributed by atoms with van der Waals surface area (Å²) in [7, 11) is 0. The smallest absolute Gasteiger partial charge is 0.278 e. The van der Waals surface area contributed by atoms with E-state index < -0.39 is 0 Å². The van der Waals surface area contributed by atoms with Gasteiger partial charge in [0.1, 0.15) is 16.9 Å². The SMILES string of the molecule is O=c1c2c(ncn1Cc1ccccc1)c1ccccc1n2Cc1cccc(F)c1. The van der Waals surface area contributed by atoms with Crippen molar-refractivity contribution >= 4 is 21.9 Å². The minimum Gasteiger partial charge on any atom is -0.330 e. The molecule has 0 spiro atoms. The van der Waals surface area contributed by atoms with Crippen molar-refractivity contribution in [2.45, 2.75) is 13.1 Å². The number of rotatable bonds is 4. The van der Waals surface area contributed by atoms with E-state index in [0.717, 1.165) is 22.0 Å². The van der Waals surface area contributed by atoms with Crippen molar-refractivity contribution in [1.82, 2.24) is 14.1 Å². The lowest BCUT2D eigenvalue weighted by Crippen LogP contribution is -2.23. The lowest BCUT2D eigenvalue weighted by atomic mass is 10.2. The minimum atomic E-state index is -0.289. The second kappa shape index (κ2) is 7.02. The number of nitrogens with zero attached hydrogens (tertiary/aromatic N) is 3. The van der Waals surface area contributed by atoms with Crippen LogP contribution in [0.5, 0.6) is 0 Å². The van der Waals surface area contributed by atoms with Crippen LogP contribution in [0.4, 0.5) is 4.39 Å². The zero-order valence-corrected chi connectivity index (χ0v) is 15.6. The normalized spacial score (nSPS) is 11.3. The summed E-state index contributed by atoms with van der Waals surface area (Å²) in [5.74, 6) is -0.289. The van der Waals surface area contributed by atoms with E-state index in [1.165, 1.54) is 12.1 Å². The molecule has 2 heterocycles. The third kappa shape index (κ3) is 3.10. The quantitative estimate of drug-likeness (QED) is 0.455. The van der Waals surface area contributed by atoms with Gasteiger partial charge < -0.3 is 4.57 Å². The average Bonchev–Trinajstić information content (AvgIpc) is 3.05. The molecule has 5 heteroatoms. The van der Waals surface area contributed by atoms with Gasteiger partial charge in [-0.3, -0.25) is 9.36 Å². The second-order valence-corrected chi connectivity index (χ2v) is 7.09. The highest BCUT2D eigenvalue weighted by Gasteiger charge is 2.16. The third-order valence-electron chi connectivity index (χ3n) is 5.16. The fourth-order valence-electron chi connectivity index (χ4n) is 3.82. The summed E-state index contributed by atoms with van der Waals surface area (Å²) in [6, 6.07) is 24.1. The van der Waals surface area contributed by atoms with E-state index in [1.54, 1.807) is 17.0 Å². The third-order valence-corrected chi connectivity index (χ3v) is 5.16. The van der Waals surface area contributed by atoms with Gasteiger partial charge in [-0.1, -0.05) is 60.7 Å². The number of halogens is 1. The van der Waals surface area contributed by atoms with E-state index in [2.05, 4.69) is 4.98 Å². The van der Waals surface area contributed by atoms with Gasteiger partial charge in [0.15, 0.2) is 0 Å². The molecule has 0 radical (unpaired) electrons. The molecule has 2 aromatic heterocycles. The van der Waals surface area contributed by atoms with Crippen LogP contribution >= 0.6 is 0 Å². The van der Waals surface area contributed by atoms with Crippen LogP contribution < -0.4 is 5.56 Å². The van der Waals surface area contributed by atoms with Crippen LogP contribution in [0.2, 0.25) is 0 Å². The molecule has 0 aliphatic rings. The molecule has 0 amide bonds. The first kappa shape index (κ1) is 17.4. The van der Waals surface area contributed by atoms with Crippen LogP contribution in [-0.2, 0) is 13.1 Å². The molecule has 0 saturated carbocycles. The Labute approximate surface area is 166 Å². The molecular formula is C24H18FN3O. The summed E-state index contributed by atoms with van der Waals surface area (Å²) in [6.07, 6.45) is 1.61. The van der Waals surface area contributed by atoms with Crippen LogP contribution in [0.25, 0.3) is 21.9 Å². The molecule has 142 valence electrons. The average molecular weight is 383 g/mol. The standard InChI is InChI=1S/C24H18FN3O/c25-19-10-6-9-18(13-19)15-28-21-12-5-4-11-20(21)22-23(28)24(29)27(16-26-22)14-17-7-2-1-3-8-17/h1-13,16H,14-15H2. The Morgan fingerprint density at radius 3 is 2.41 bits per heavy atom. The predicted octanol–water partition coefficient (Wildman–Crippen LogP) is 4.59. The van der Waals surface area contributed by atoms with Crippen LogP contribution in [0.1, 0.15) is 11.1 Å². The van der Waals surface area contributed by atoms with Gasteiger partial charge >= 0.3 is 0 Å². The van der Waals surface area contributed by atoms with Crippen LogP contribution in [0, 0.1) is 5.82 Å². The molecule has 0 aliphatic heterocycles. The molecule has 5 rings (SSSR count). The highest BCUT2D eigenvalue weighted by atomic mass is 19.1. The molecule has 0 aliphatic carbocycles. The zero-order valence-electron chi connectivity index (χ0n) is 15.6. The molecule has 0 saturated heterocycles. The van der Waals surface area contributed by atoms with Crippen LogP contribution in [0.3, 0.4) is 0 Å². The summed E-state index contributed by atoms with van der Waals surface area (Å²) in [5.41, 5.74) is 3.84. The number of fused-ring (bicyclic) bond motifs is 3. The highest BCUT2D eigenvalue weighted by Crippen LogP contribution is 2.26. The number of hydrogen-bond donors (Lipinski definition) is 0. The molecule has 5 aromatic rings. The van der Waals surface area contributed by atoms with Crippen molar-refractivity contribution in [2.24, 2.45) is 0 Å². The molecule has 0 N–H and O–H groups in total. The zero-order chi connectivity index (χ0) is 19.8. The summed E-state index contributed by atoms with van der Waals surface area (Å²) in [4.78, 5) is 18.0. The van der Waals surface area contributed by atoms with E-state index in [0.29, 0.717) is 24.1 Å². The molecule has 29 heavy (non-hydrogen) atoms. The summed E-state index contributed by atoms with van der Waals surface area (Å²) < 4.78 is 17.3.